The Morgan fingerprint density at radius 2 is 2.40 bits per heavy atom. The minimum atomic E-state index is -0.589. The fraction of sp³-hybridized carbons (Fsp3) is 0.778. The van der Waals surface area contributed by atoms with Gasteiger partial charge in [0.2, 0.25) is 11.8 Å². The Morgan fingerprint density at radius 1 is 1.67 bits per heavy atom. The van der Waals surface area contributed by atoms with Crippen molar-refractivity contribution in [2.45, 2.75) is 25.4 Å². The molecule has 2 amide bonds. The molecule has 1 fully saturated rings. The van der Waals surface area contributed by atoms with Gasteiger partial charge < -0.3 is 16.4 Å². The predicted octanol–water partition coefficient (Wildman–Crippen LogP) is -0.928. The number of hydrogen-bond donors (Lipinski definition) is 3. The highest BCUT2D eigenvalue weighted by molar-refractivity contribution is 7.99. The van der Waals surface area contributed by atoms with Gasteiger partial charge in [-0.15, -0.1) is 0 Å². The van der Waals surface area contributed by atoms with Crippen LogP contribution in [-0.4, -0.2) is 41.9 Å². The smallest absolute Gasteiger partial charge is 0.239 e. The molecule has 0 aromatic heterocycles. The van der Waals surface area contributed by atoms with Crippen LogP contribution in [0.25, 0.3) is 0 Å². The second kappa shape index (κ2) is 5.97. The lowest BCUT2D eigenvalue weighted by Crippen LogP contribution is -2.46. The third-order valence-electron chi connectivity index (χ3n) is 2.23. The summed E-state index contributed by atoms with van der Waals surface area (Å²) in [7, 11) is 0. The minimum absolute atomic E-state index is 0.124. The number of carbonyl (C=O) groups is 2. The van der Waals surface area contributed by atoms with Crippen molar-refractivity contribution in [3.05, 3.63) is 0 Å². The Bertz CT molecular complexity index is 242. The molecular weight excluding hydrogens is 214 g/mol. The van der Waals surface area contributed by atoms with E-state index in [1.54, 1.807) is 6.92 Å². The van der Waals surface area contributed by atoms with Gasteiger partial charge in [-0.25, -0.2) is 0 Å². The van der Waals surface area contributed by atoms with E-state index in [4.69, 9.17) is 5.73 Å². The monoisotopic (exact) mass is 231 g/mol. The van der Waals surface area contributed by atoms with Crippen molar-refractivity contribution in [2.24, 2.45) is 5.73 Å². The molecule has 6 heteroatoms. The molecule has 0 bridgehead atoms. The quantitative estimate of drug-likeness (QED) is 0.584. The fourth-order valence-corrected chi connectivity index (χ4v) is 2.30. The third kappa shape index (κ3) is 4.53. The van der Waals surface area contributed by atoms with Gasteiger partial charge in [0.05, 0.1) is 0 Å². The van der Waals surface area contributed by atoms with Crippen LogP contribution < -0.4 is 16.4 Å². The van der Waals surface area contributed by atoms with Crippen molar-refractivity contribution in [1.29, 1.82) is 0 Å². The van der Waals surface area contributed by atoms with Gasteiger partial charge in [0, 0.05) is 30.5 Å². The standard InChI is InChI=1S/C9H17N3O2S/c1-6(9(10)14)12-8(13)4-7-5-15-3-2-11-7/h6-7,11H,2-5H2,1H3,(H2,10,14)(H,12,13). The van der Waals surface area contributed by atoms with E-state index in [1.165, 1.54) is 0 Å². The van der Waals surface area contributed by atoms with Gasteiger partial charge in [0.1, 0.15) is 6.04 Å². The van der Waals surface area contributed by atoms with Crippen LogP contribution >= 0.6 is 11.8 Å². The number of nitrogens with two attached hydrogens (primary N) is 1. The summed E-state index contributed by atoms with van der Waals surface area (Å²) in [5.41, 5.74) is 5.04. The Hall–Kier alpha value is -0.750. The molecule has 1 saturated heterocycles. The van der Waals surface area contributed by atoms with E-state index in [0.29, 0.717) is 6.42 Å². The molecule has 15 heavy (non-hydrogen) atoms. The van der Waals surface area contributed by atoms with Crippen LogP contribution in [0.3, 0.4) is 0 Å². The summed E-state index contributed by atoms with van der Waals surface area (Å²) in [6, 6.07) is -0.377. The highest BCUT2D eigenvalue weighted by Gasteiger charge is 2.18. The molecule has 86 valence electrons. The lowest BCUT2D eigenvalue weighted by atomic mass is 10.2. The maximum absolute atomic E-state index is 11.5. The zero-order valence-corrected chi connectivity index (χ0v) is 9.60. The molecule has 1 rings (SSSR count). The summed E-state index contributed by atoms with van der Waals surface area (Å²) >= 11 is 1.84. The van der Waals surface area contributed by atoms with E-state index < -0.39 is 11.9 Å². The second-order valence-electron chi connectivity index (χ2n) is 3.62. The summed E-state index contributed by atoms with van der Waals surface area (Å²) in [6.45, 7) is 2.53. The predicted molar refractivity (Wildman–Crippen MR) is 60.5 cm³/mol. The number of nitrogens with one attached hydrogen (secondary N) is 2. The van der Waals surface area contributed by atoms with Crippen molar-refractivity contribution in [3.8, 4) is 0 Å². The zero-order chi connectivity index (χ0) is 11.3. The molecule has 1 aliphatic rings. The second-order valence-corrected chi connectivity index (χ2v) is 4.77. The lowest BCUT2D eigenvalue weighted by Gasteiger charge is -2.23. The van der Waals surface area contributed by atoms with Crippen molar-refractivity contribution in [1.82, 2.24) is 10.6 Å². The first-order valence-electron chi connectivity index (χ1n) is 4.99. The van der Waals surface area contributed by atoms with Gasteiger partial charge in [-0.2, -0.15) is 11.8 Å². The van der Waals surface area contributed by atoms with Crippen molar-refractivity contribution >= 4 is 23.6 Å². The minimum Gasteiger partial charge on any atom is -0.368 e. The third-order valence-corrected chi connectivity index (χ3v) is 3.37. The SMILES string of the molecule is CC(NC(=O)CC1CSCCN1)C(N)=O. The highest BCUT2D eigenvalue weighted by Crippen LogP contribution is 2.09. The molecule has 1 heterocycles. The Labute approximate surface area is 93.5 Å². The number of primary amides is 1. The molecule has 2 atom stereocenters. The Morgan fingerprint density at radius 3 is 2.93 bits per heavy atom. The fourth-order valence-electron chi connectivity index (χ4n) is 1.35. The number of hydrogen-bond acceptors (Lipinski definition) is 4. The number of rotatable bonds is 4. The highest BCUT2D eigenvalue weighted by atomic mass is 32.2. The molecule has 1 aliphatic heterocycles. The molecule has 0 aromatic rings. The molecule has 0 radical (unpaired) electrons. The molecule has 2 unspecified atom stereocenters. The van der Waals surface area contributed by atoms with Crippen LogP contribution in [0.4, 0.5) is 0 Å². The molecule has 0 aliphatic carbocycles. The van der Waals surface area contributed by atoms with Crippen LogP contribution in [0.15, 0.2) is 0 Å². The lowest BCUT2D eigenvalue weighted by molar-refractivity contribution is -0.127. The summed E-state index contributed by atoms with van der Waals surface area (Å²) in [4.78, 5) is 22.2. The molecule has 0 aromatic carbocycles. The first-order valence-corrected chi connectivity index (χ1v) is 6.15. The van der Waals surface area contributed by atoms with Crippen molar-refractivity contribution in [2.75, 3.05) is 18.1 Å². The normalized spacial score (nSPS) is 23.1. The van der Waals surface area contributed by atoms with Gasteiger partial charge in [-0.05, 0) is 6.92 Å². The maximum atomic E-state index is 11.5. The van der Waals surface area contributed by atoms with Gasteiger partial charge in [0.15, 0.2) is 0 Å². The summed E-state index contributed by atoms with van der Waals surface area (Å²) in [5, 5.41) is 5.82. The Balaban J connectivity index is 2.25. The van der Waals surface area contributed by atoms with Crippen LogP contribution in [0.2, 0.25) is 0 Å². The molecule has 0 saturated carbocycles. The van der Waals surface area contributed by atoms with E-state index in [0.717, 1.165) is 18.1 Å². The topological polar surface area (TPSA) is 84.2 Å². The van der Waals surface area contributed by atoms with Gasteiger partial charge >= 0.3 is 0 Å². The van der Waals surface area contributed by atoms with Crippen LogP contribution in [0, 0.1) is 0 Å². The summed E-state index contributed by atoms with van der Waals surface area (Å²) < 4.78 is 0. The van der Waals surface area contributed by atoms with E-state index in [-0.39, 0.29) is 11.9 Å². The average Bonchev–Trinajstić information content (AvgIpc) is 2.18. The number of amides is 2. The largest absolute Gasteiger partial charge is 0.368 e. The van der Waals surface area contributed by atoms with Gasteiger partial charge in [-0.3, -0.25) is 9.59 Å². The first-order chi connectivity index (χ1) is 7.09. The molecule has 0 spiro atoms. The van der Waals surface area contributed by atoms with Crippen LogP contribution in [-0.2, 0) is 9.59 Å². The van der Waals surface area contributed by atoms with E-state index in [2.05, 4.69) is 10.6 Å². The van der Waals surface area contributed by atoms with Crippen molar-refractivity contribution < 1.29 is 9.59 Å². The van der Waals surface area contributed by atoms with Crippen LogP contribution in [0.1, 0.15) is 13.3 Å². The number of thioether (sulfide) groups is 1. The van der Waals surface area contributed by atoms with Gasteiger partial charge in [0.25, 0.3) is 0 Å². The van der Waals surface area contributed by atoms with Crippen molar-refractivity contribution in [3.63, 3.8) is 0 Å². The average molecular weight is 231 g/mol. The van der Waals surface area contributed by atoms with E-state index in [9.17, 15) is 9.59 Å². The summed E-state index contributed by atoms with van der Waals surface area (Å²) in [5.74, 6) is 1.41. The molecule has 4 N–H and O–H groups in total. The zero-order valence-electron chi connectivity index (χ0n) is 8.79. The molecular formula is C9H17N3O2S. The first kappa shape index (κ1) is 12.3. The van der Waals surface area contributed by atoms with E-state index in [1.807, 2.05) is 11.8 Å². The van der Waals surface area contributed by atoms with E-state index >= 15 is 0 Å². The Kier molecular flexibility index (Phi) is 4.90. The van der Waals surface area contributed by atoms with Crippen LogP contribution in [0.5, 0.6) is 0 Å². The summed E-state index contributed by atoms with van der Waals surface area (Å²) in [6.07, 6.45) is 0.407. The van der Waals surface area contributed by atoms with Gasteiger partial charge in [-0.1, -0.05) is 0 Å². The number of carbonyl (C=O) groups excluding carboxylic acids is 2. The molecule has 5 nitrogen and oxygen atoms in total. The maximum Gasteiger partial charge on any atom is 0.239 e.